The van der Waals surface area contributed by atoms with Crippen LogP contribution in [0.25, 0.3) is 0 Å². The summed E-state index contributed by atoms with van der Waals surface area (Å²) in [7, 11) is 0. The van der Waals surface area contributed by atoms with Crippen LogP contribution < -0.4 is 0 Å². The summed E-state index contributed by atoms with van der Waals surface area (Å²) in [5.41, 5.74) is 1.40. The Balaban J connectivity index is 1.69. The highest BCUT2D eigenvalue weighted by Crippen LogP contribution is 2.34. The molecule has 1 saturated carbocycles. The number of rotatable bonds is 4. The minimum Gasteiger partial charge on any atom is -0.355 e. The summed E-state index contributed by atoms with van der Waals surface area (Å²) in [6.07, 6.45) is 2.75. The summed E-state index contributed by atoms with van der Waals surface area (Å²) < 4.78 is 30.7. The largest absolute Gasteiger partial charge is 0.355 e. The molecular weight excluding hydrogens is 242 g/mol. The fraction of sp³-hybridized carbons (Fsp3) is 0.545. The van der Waals surface area contributed by atoms with Crippen LogP contribution in [0.5, 0.6) is 0 Å². The molecule has 5 nitrogen and oxygen atoms in total. The van der Waals surface area contributed by atoms with Gasteiger partial charge in [0, 0.05) is 18.2 Å². The Bertz CT molecular complexity index is 533. The number of aromatic nitrogens is 4. The summed E-state index contributed by atoms with van der Waals surface area (Å²) in [5, 5.41) is 11.6. The Morgan fingerprint density at radius 1 is 1.44 bits per heavy atom. The maximum atomic E-state index is 12.3. The van der Waals surface area contributed by atoms with E-state index in [9.17, 15) is 8.78 Å². The maximum absolute atomic E-state index is 12.3. The van der Waals surface area contributed by atoms with Gasteiger partial charge < -0.3 is 4.52 Å². The van der Waals surface area contributed by atoms with Crippen LogP contribution in [0.3, 0.4) is 0 Å². The molecule has 2 aromatic rings. The van der Waals surface area contributed by atoms with Crippen molar-refractivity contribution < 1.29 is 13.3 Å². The van der Waals surface area contributed by atoms with E-state index in [1.54, 1.807) is 4.68 Å². The minimum atomic E-state index is -2.63. The minimum absolute atomic E-state index is 0.302. The SMILES string of the molecule is FC(F)c1cc(Cn2cc(C3CCC3)nn2)no1. The molecule has 0 bridgehead atoms. The molecule has 2 heterocycles. The van der Waals surface area contributed by atoms with Crippen LogP contribution in [0.4, 0.5) is 8.78 Å². The summed E-state index contributed by atoms with van der Waals surface area (Å²) >= 11 is 0. The molecule has 0 radical (unpaired) electrons. The number of alkyl halides is 2. The molecule has 0 aliphatic heterocycles. The predicted molar refractivity (Wildman–Crippen MR) is 57.2 cm³/mol. The second-order valence-corrected chi connectivity index (χ2v) is 4.49. The topological polar surface area (TPSA) is 56.7 Å². The average Bonchev–Trinajstić information content (AvgIpc) is 2.86. The van der Waals surface area contributed by atoms with Gasteiger partial charge >= 0.3 is 0 Å². The molecule has 2 aromatic heterocycles. The lowest BCUT2D eigenvalue weighted by molar-refractivity contribution is 0.112. The maximum Gasteiger partial charge on any atom is 0.298 e. The number of hydrogen-bond acceptors (Lipinski definition) is 4. The average molecular weight is 254 g/mol. The van der Waals surface area contributed by atoms with E-state index in [1.807, 2.05) is 6.20 Å². The first-order valence-corrected chi connectivity index (χ1v) is 5.86. The Morgan fingerprint density at radius 3 is 2.89 bits per heavy atom. The lowest BCUT2D eigenvalue weighted by Gasteiger charge is -2.22. The van der Waals surface area contributed by atoms with Crippen LogP contribution in [-0.2, 0) is 6.54 Å². The molecule has 3 rings (SSSR count). The Kier molecular flexibility index (Phi) is 2.81. The normalized spacial score (nSPS) is 16.2. The van der Waals surface area contributed by atoms with E-state index < -0.39 is 12.2 Å². The van der Waals surface area contributed by atoms with E-state index in [4.69, 9.17) is 0 Å². The second-order valence-electron chi connectivity index (χ2n) is 4.49. The van der Waals surface area contributed by atoms with Crippen LogP contribution in [0.15, 0.2) is 16.8 Å². The summed E-state index contributed by atoms with van der Waals surface area (Å²) in [5.74, 6) is 0.0945. The zero-order chi connectivity index (χ0) is 12.5. The van der Waals surface area contributed by atoms with Gasteiger partial charge in [-0.2, -0.15) is 0 Å². The third-order valence-corrected chi connectivity index (χ3v) is 3.20. The van der Waals surface area contributed by atoms with Crippen molar-refractivity contribution in [2.24, 2.45) is 0 Å². The number of halogens is 2. The van der Waals surface area contributed by atoms with Crippen molar-refractivity contribution in [1.82, 2.24) is 20.2 Å². The summed E-state index contributed by atoms with van der Waals surface area (Å²) in [6.45, 7) is 0.302. The van der Waals surface area contributed by atoms with Gasteiger partial charge in [0.1, 0.15) is 5.69 Å². The van der Waals surface area contributed by atoms with E-state index in [0.717, 1.165) is 18.5 Å². The standard InChI is InChI=1S/C11H12F2N4O/c12-11(13)10-4-8(15-18-10)5-17-6-9(14-16-17)7-2-1-3-7/h4,6-7,11H,1-3,5H2. The second kappa shape index (κ2) is 4.47. The lowest BCUT2D eigenvalue weighted by atomic mass is 9.83. The molecule has 1 aliphatic rings. The van der Waals surface area contributed by atoms with E-state index in [0.29, 0.717) is 18.2 Å². The van der Waals surface area contributed by atoms with Crippen molar-refractivity contribution in [2.45, 2.75) is 38.2 Å². The van der Waals surface area contributed by atoms with Gasteiger partial charge in [0.25, 0.3) is 6.43 Å². The van der Waals surface area contributed by atoms with Crippen molar-refractivity contribution in [3.63, 3.8) is 0 Å². The van der Waals surface area contributed by atoms with Gasteiger partial charge in [-0.15, -0.1) is 5.10 Å². The quantitative estimate of drug-likeness (QED) is 0.841. The Hall–Kier alpha value is -1.79. The van der Waals surface area contributed by atoms with Crippen LogP contribution in [0.2, 0.25) is 0 Å². The highest BCUT2D eigenvalue weighted by molar-refractivity contribution is 5.09. The first-order valence-electron chi connectivity index (χ1n) is 5.86. The molecule has 1 aliphatic carbocycles. The molecule has 7 heteroatoms. The summed E-state index contributed by atoms with van der Waals surface area (Å²) in [6, 6.07) is 1.25. The van der Waals surface area contributed by atoms with Crippen molar-refractivity contribution in [3.05, 3.63) is 29.4 Å². The van der Waals surface area contributed by atoms with E-state index in [2.05, 4.69) is 20.0 Å². The highest BCUT2D eigenvalue weighted by Gasteiger charge is 2.22. The first kappa shape index (κ1) is 11.3. The number of nitrogens with zero attached hydrogens (tertiary/aromatic N) is 4. The molecule has 0 N–H and O–H groups in total. The first-order chi connectivity index (χ1) is 8.72. The molecule has 0 aromatic carbocycles. The predicted octanol–water partition coefficient (Wildman–Crippen LogP) is 2.52. The molecular formula is C11H12F2N4O. The van der Waals surface area contributed by atoms with Gasteiger partial charge in [0.15, 0.2) is 0 Å². The van der Waals surface area contributed by atoms with Gasteiger partial charge in [-0.1, -0.05) is 16.8 Å². The lowest BCUT2D eigenvalue weighted by Crippen LogP contribution is -2.08. The van der Waals surface area contributed by atoms with Crippen LogP contribution >= 0.6 is 0 Å². The molecule has 0 atom stereocenters. The molecule has 1 fully saturated rings. The van der Waals surface area contributed by atoms with Crippen molar-refractivity contribution in [2.75, 3.05) is 0 Å². The fourth-order valence-electron chi connectivity index (χ4n) is 1.95. The zero-order valence-electron chi connectivity index (χ0n) is 9.59. The number of hydrogen-bond donors (Lipinski definition) is 0. The molecule has 0 amide bonds. The zero-order valence-corrected chi connectivity index (χ0v) is 9.59. The van der Waals surface area contributed by atoms with Gasteiger partial charge in [-0.05, 0) is 12.8 Å². The molecule has 18 heavy (non-hydrogen) atoms. The van der Waals surface area contributed by atoms with Crippen LogP contribution in [0.1, 0.15) is 48.8 Å². The van der Waals surface area contributed by atoms with E-state index >= 15 is 0 Å². The molecule has 0 saturated heterocycles. The van der Waals surface area contributed by atoms with Crippen molar-refractivity contribution >= 4 is 0 Å². The highest BCUT2D eigenvalue weighted by atomic mass is 19.3. The molecule has 0 spiro atoms. The van der Waals surface area contributed by atoms with E-state index in [1.165, 1.54) is 12.5 Å². The van der Waals surface area contributed by atoms with Gasteiger partial charge in [0.2, 0.25) is 5.76 Å². The van der Waals surface area contributed by atoms with Crippen LogP contribution in [0, 0.1) is 0 Å². The Morgan fingerprint density at radius 2 is 2.28 bits per heavy atom. The Labute approximate surface area is 102 Å². The van der Waals surface area contributed by atoms with Gasteiger partial charge in [0.05, 0.1) is 12.2 Å². The van der Waals surface area contributed by atoms with Crippen molar-refractivity contribution in [3.8, 4) is 0 Å². The third kappa shape index (κ3) is 2.12. The van der Waals surface area contributed by atoms with Crippen LogP contribution in [-0.4, -0.2) is 20.2 Å². The smallest absolute Gasteiger partial charge is 0.298 e. The van der Waals surface area contributed by atoms with E-state index in [-0.39, 0.29) is 0 Å². The van der Waals surface area contributed by atoms with Gasteiger partial charge in [-0.3, -0.25) is 0 Å². The monoisotopic (exact) mass is 254 g/mol. The van der Waals surface area contributed by atoms with Gasteiger partial charge in [-0.25, -0.2) is 13.5 Å². The molecule has 96 valence electrons. The van der Waals surface area contributed by atoms with Crippen molar-refractivity contribution in [1.29, 1.82) is 0 Å². The third-order valence-electron chi connectivity index (χ3n) is 3.20. The fourth-order valence-corrected chi connectivity index (χ4v) is 1.95. The molecule has 0 unspecified atom stereocenters. The summed E-state index contributed by atoms with van der Waals surface area (Å²) in [4.78, 5) is 0.